The molecule has 7 heteroatoms. The number of carbonyl (C=O) groups is 1. The molecule has 3 heterocycles. The highest BCUT2D eigenvalue weighted by molar-refractivity contribution is 5.82. The van der Waals surface area contributed by atoms with Crippen LogP contribution in [0.2, 0.25) is 0 Å². The summed E-state index contributed by atoms with van der Waals surface area (Å²) in [6.07, 6.45) is 2.12. The average Bonchev–Trinajstić information content (AvgIpc) is 2.85. The van der Waals surface area contributed by atoms with Crippen LogP contribution in [0.15, 0.2) is 0 Å². The van der Waals surface area contributed by atoms with Crippen molar-refractivity contribution in [1.82, 2.24) is 25.0 Å². The molecule has 7 nitrogen and oxygen atoms in total. The van der Waals surface area contributed by atoms with Crippen molar-refractivity contribution in [3.05, 3.63) is 11.6 Å². The van der Waals surface area contributed by atoms with Gasteiger partial charge in [-0.2, -0.15) is 5.10 Å². The van der Waals surface area contributed by atoms with E-state index < -0.39 is 0 Å². The van der Waals surface area contributed by atoms with Crippen molar-refractivity contribution in [3.8, 4) is 0 Å². The summed E-state index contributed by atoms with van der Waals surface area (Å²) in [5.74, 6) is 2.37. The number of hydrogen-bond acceptors (Lipinski definition) is 5. The van der Waals surface area contributed by atoms with Gasteiger partial charge in [-0.15, -0.1) is 0 Å². The summed E-state index contributed by atoms with van der Waals surface area (Å²) >= 11 is 0. The molecule has 3 rings (SSSR count). The van der Waals surface area contributed by atoms with Gasteiger partial charge in [0.25, 0.3) is 0 Å². The van der Waals surface area contributed by atoms with Crippen LogP contribution in [-0.2, 0) is 16.1 Å². The van der Waals surface area contributed by atoms with E-state index in [9.17, 15) is 4.79 Å². The summed E-state index contributed by atoms with van der Waals surface area (Å²) in [5.41, 5.74) is 0. The summed E-state index contributed by atoms with van der Waals surface area (Å²) in [6.45, 7) is 9.76. The van der Waals surface area contributed by atoms with Crippen molar-refractivity contribution in [2.24, 2.45) is 5.92 Å². The Morgan fingerprint density at radius 3 is 2.96 bits per heavy atom. The van der Waals surface area contributed by atoms with Crippen LogP contribution in [-0.4, -0.2) is 64.0 Å². The first-order valence-corrected chi connectivity index (χ1v) is 8.56. The predicted molar refractivity (Wildman–Crippen MR) is 86.0 cm³/mol. The van der Waals surface area contributed by atoms with Crippen LogP contribution in [0.3, 0.4) is 0 Å². The Labute approximate surface area is 137 Å². The lowest BCUT2D eigenvalue weighted by atomic mass is 9.96. The zero-order chi connectivity index (χ0) is 16.4. The van der Waals surface area contributed by atoms with Gasteiger partial charge in [-0.05, 0) is 39.5 Å². The number of rotatable bonds is 3. The van der Waals surface area contributed by atoms with Crippen LogP contribution in [0.5, 0.6) is 0 Å². The van der Waals surface area contributed by atoms with Crippen molar-refractivity contribution >= 4 is 5.91 Å². The largest absolute Gasteiger partial charge is 0.375 e. The van der Waals surface area contributed by atoms with Crippen LogP contribution in [0, 0.1) is 19.8 Å². The topological polar surface area (TPSA) is 72.3 Å². The Kier molecular flexibility index (Phi) is 4.96. The number of nitrogens with zero attached hydrogens (tertiary/aromatic N) is 4. The van der Waals surface area contributed by atoms with Gasteiger partial charge < -0.3 is 15.0 Å². The van der Waals surface area contributed by atoms with Gasteiger partial charge in [0.2, 0.25) is 5.91 Å². The van der Waals surface area contributed by atoms with Crippen molar-refractivity contribution in [3.63, 3.8) is 0 Å². The molecule has 0 radical (unpaired) electrons. The van der Waals surface area contributed by atoms with Crippen LogP contribution in [0.4, 0.5) is 0 Å². The van der Waals surface area contributed by atoms with E-state index in [1.165, 1.54) is 0 Å². The summed E-state index contributed by atoms with van der Waals surface area (Å²) in [6, 6.07) is -0.210. The molecular weight excluding hydrogens is 294 g/mol. The molecule has 0 spiro atoms. The van der Waals surface area contributed by atoms with Gasteiger partial charge in [-0.1, -0.05) is 0 Å². The van der Waals surface area contributed by atoms with Crippen LogP contribution in [0.1, 0.15) is 31.4 Å². The number of likely N-dealkylation sites (tertiary alicyclic amines) is 1. The molecule has 128 valence electrons. The van der Waals surface area contributed by atoms with Crippen molar-refractivity contribution < 1.29 is 9.53 Å². The molecule has 2 saturated heterocycles. The Hall–Kier alpha value is -1.47. The summed E-state index contributed by atoms with van der Waals surface area (Å²) in [5, 5.41) is 7.75. The summed E-state index contributed by atoms with van der Waals surface area (Å²) in [7, 11) is 0. The number of piperidine rings is 1. The molecule has 1 aromatic rings. The van der Waals surface area contributed by atoms with Gasteiger partial charge in [-0.25, -0.2) is 9.67 Å². The number of carbonyl (C=O) groups excluding carboxylic acids is 1. The molecule has 23 heavy (non-hydrogen) atoms. The van der Waals surface area contributed by atoms with E-state index in [4.69, 9.17) is 4.74 Å². The maximum atomic E-state index is 12.8. The fourth-order valence-electron chi connectivity index (χ4n) is 3.60. The van der Waals surface area contributed by atoms with E-state index in [1.807, 2.05) is 30.4 Å². The highest BCUT2D eigenvalue weighted by Gasteiger charge is 2.34. The minimum Gasteiger partial charge on any atom is -0.375 e. The highest BCUT2D eigenvalue weighted by atomic mass is 16.5. The second-order valence-electron chi connectivity index (χ2n) is 6.69. The molecule has 1 amide bonds. The Morgan fingerprint density at radius 2 is 2.26 bits per heavy atom. The quantitative estimate of drug-likeness (QED) is 0.878. The number of aromatic nitrogens is 3. The molecular formula is C16H27N5O2. The predicted octanol–water partition coefficient (Wildman–Crippen LogP) is 0.510. The third-order valence-electron chi connectivity index (χ3n) is 4.81. The van der Waals surface area contributed by atoms with Gasteiger partial charge in [0.1, 0.15) is 17.7 Å². The van der Waals surface area contributed by atoms with Crippen molar-refractivity contribution in [1.29, 1.82) is 0 Å². The first-order chi connectivity index (χ1) is 11.0. The molecule has 3 atom stereocenters. The van der Waals surface area contributed by atoms with E-state index in [0.29, 0.717) is 12.5 Å². The van der Waals surface area contributed by atoms with Gasteiger partial charge in [0.15, 0.2) is 0 Å². The number of morpholine rings is 1. The first-order valence-electron chi connectivity index (χ1n) is 8.56. The lowest BCUT2D eigenvalue weighted by Crippen LogP contribution is -2.58. The lowest BCUT2D eigenvalue weighted by molar-refractivity contribution is -0.141. The molecule has 1 N–H and O–H groups in total. The molecule has 1 aromatic heterocycles. The molecule has 2 fully saturated rings. The average molecular weight is 321 g/mol. The fourth-order valence-corrected chi connectivity index (χ4v) is 3.60. The molecule has 2 aliphatic heterocycles. The SMILES string of the molecule is Cc1nc(C)n(CC2CCCN(C(=O)[C@H]3NCCO[C@@H]3C)C2)n1. The normalized spacial score (nSPS) is 28.8. The van der Waals surface area contributed by atoms with Crippen LogP contribution < -0.4 is 5.32 Å². The Morgan fingerprint density at radius 1 is 1.43 bits per heavy atom. The third-order valence-corrected chi connectivity index (χ3v) is 4.81. The van der Waals surface area contributed by atoms with E-state index >= 15 is 0 Å². The number of aryl methyl sites for hydroxylation is 2. The van der Waals surface area contributed by atoms with E-state index in [1.54, 1.807) is 0 Å². The molecule has 0 saturated carbocycles. The summed E-state index contributed by atoms with van der Waals surface area (Å²) in [4.78, 5) is 19.1. The molecule has 0 bridgehead atoms. The third kappa shape index (κ3) is 3.72. The lowest BCUT2D eigenvalue weighted by Gasteiger charge is -2.38. The Bertz CT molecular complexity index is 559. The Balaban J connectivity index is 1.61. The number of hydrogen-bond donors (Lipinski definition) is 1. The van der Waals surface area contributed by atoms with Gasteiger partial charge >= 0.3 is 0 Å². The number of amides is 1. The smallest absolute Gasteiger partial charge is 0.242 e. The van der Waals surface area contributed by atoms with E-state index in [-0.39, 0.29) is 18.1 Å². The minimum absolute atomic E-state index is 0.0585. The highest BCUT2D eigenvalue weighted by Crippen LogP contribution is 2.20. The summed E-state index contributed by atoms with van der Waals surface area (Å²) < 4.78 is 7.58. The second kappa shape index (κ2) is 6.97. The van der Waals surface area contributed by atoms with E-state index in [2.05, 4.69) is 15.4 Å². The number of nitrogens with one attached hydrogen (secondary N) is 1. The van der Waals surface area contributed by atoms with Gasteiger partial charge in [-0.3, -0.25) is 4.79 Å². The molecule has 1 unspecified atom stereocenters. The zero-order valence-corrected chi connectivity index (χ0v) is 14.3. The van der Waals surface area contributed by atoms with E-state index in [0.717, 1.165) is 50.7 Å². The standard InChI is InChI=1S/C16H27N5O2/c1-11-15(17-6-8-23-11)16(22)20-7-4-5-14(9-20)10-21-13(3)18-12(2)19-21/h11,14-15,17H,4-10H2,1-3H3/t11-,14?,15+/m1/s1. The maximum Gasteiger partial charge on any atom is 0.242 e. The minimum atomic E-state index is -0.210. The first kappa shape index (κ1) is 16.4. The fraction of sp³-hybridized carbons (Fsp3) is 0.812. The molecule has 0 aliphatic carbocycles. The van der Waals surface area contributed by atoms with Gasteiger partial charge in [0.05, 0.1) is 12.7 Å². The maximum absolute atomic E-state index is 12.8. The molecule has 0 aromatic carbocycles. The van der Waals surface area contributed by atoms with Crippen molar-refractivity contribution in [2.45, 2.75) is 52.3 Å². The van der Waals surface area contributed by atoms with Crippen LogP contribution in [0.25, 0.3) is 0 Å². The van der Waals surface area contributed by atoms with Gasteiger partial charge in [0, 0.05) is 26.2 Å². The monoisotopic (exact) mass is 321 g/mol. The van der Waals surface area contributed by atoms with Crippen LogP contribution >= 0.6 is 0 Å². The van der Waals surface area contributed by atoms with Crippen molar-refractivity contribution in [2.75, 3.05) is 26.2 Å². The molecule has 2 aliphatic rings. The second-order valence-corrected chi connectivity index (χ2v) is 6.69. The zero-order valence-electron chi connectivity index (χ0n) is 14.3. The number of ether oxygens (including phenoxy) is 1.